The van der Waals surface area contributed by atoms with E-state index in [1.54, 1.807) is 14.0 Å². The Morgan fingerprint density at radius 2 is 1.89 bits per heavy atom. The number of nitrogens with one attached hydrogen (secondary N) is 3. The number of benzene rings is 1. The minimum atomic E-state index is -0.235. The molecule has 0 aliphatic heterocycles. The smallest absolute Gasteiger partial charge is 0.237 e. The number of hydrogen-bond acceptors (Lipinski definition) is 3. The highest BCUT2D eigenvalue weighted by Gasteiger charge is 2.14. The molecule has 0 aliphatic carbocycles. The van der Waals surface area contributed by atoms with Crippen molar-refractivity contribution in [3.05, 3.63) is 29.8 Å². The van der Waals surface area contributed by atoms with E-state index in [1.165, 1.54) is 6.92 Å². The van der Waals surface area contributed by atoms with Crippen LogP contribution < -0.4 is 16.0 Å². The zero-order valence-corrected chi connectivity index (χ0v) is 11.8. The van der Waals surface area contributed by atoms with Crippen molar-refractivity contribution in [3.63, 3.8) is 0 Å². The van der Waals surface area contributed by atoms with E-state index in [1.807, 2.05) is 31.2 Å². The summed E-state index contributed by atoms with van der Waals surface area (Å²) in [5.74, 6) is -0.169. The molecule has 0 aliphatic rings. The van der Waals surface area contributed by atoms with Crippen LogP contribution >= 0.6 is 0 Å². The van der Waals surface area contributed by atoms with Crippen LogP contribution in [0.25, 0.3) is 0 Å². The Kier molecular flexibility index (Phi) is 5.51. The molecular formula is C14H21N3O2. The molecule has 0 saturated carbocycles. The molecule has 19 heavy (non-hydrogen) atoms. The monoisotopic (exact) mass is 263 g/mol. The maximum absolute atomic E-state index is 11.8. The van der Waals surface area contributed by atoms with Crippen molar-refractivity contribution in [2.24, 2.45) is 0 Å². The van der Waals surface area contributed by atoms with Crippen molar-refractivity contribution in [1.29, 1.82) is 0 Å². The zero-order valence-electron chi connectivity index (χ0n) is 11.8. The van der Waals surface area contributed by atoms with E-state index in [-0.39, 0.29) is 23.9 Å². The zero-order chi connectivity index (χ0) is 14.4. The van der Waals surface area contributed by atoms with Gasteiger partial charge in [0.05, 0.1) is 12.1 Å². The third kappa shape index (κ3) is 4.71. The Morgan fingerprint density at radius 1 is 1.21 bits per heavy atom. The molecule has 0 spiro atoms. The van der Waals surface area contributed by atoms with Crippen LogP contribution in [0.15, 0.2) is 24.3 Å². The number of hydrogen-bond donors (Lipinski definition) is 3. The van der Waals surface area contributed by atoms with Gasteiger partial charge in [-0.1, -0.05) is 12.1 Å². The van der Waals surface area contributed by atoms with Crippen LogP contribution in [0.4, 0.5) is 5.69 Å². The van der Waals surface area contributed by atoms with Gasteiger partial charge in [0.15, 0.2) is 0 Å². The highest BCUT2D eigenvalue weighted by molar-refractivity contribution is 5.88. The molecule has 1 aromatic rings. The van der Waals surface area contributed by atoms with Gasteiger partial charge in [-0.05, 0) is 38.6 Å². The Bertz CT molecular complexity index is 460. The van der Waals surface area contributed by atoms with E-state index in [4.69, 9.17) is 0 Å². The quantitative estimate of drug-likeness (QED) is 0.752. The van der Waals surface area contributed by atoms with Crippen molar-refractivity contribution >= 4 is 17.5 Å². The molecule has 0 radical (unpaired) electrons. The number of carbonyl (C=O) groups is 2. The molecule has 1 rings (SSSR count). The first-order chi connectivity index (χ1) is 8.93. The second-order valence-corrected chi connectivity index (χ2v) is 4.55. The van der Waals surface area contributed by atoms with Crippen molar-refractivity contribution in [1.82, 2.24) is 10.6 Å². The lowest BCUT2D eigenvalue weighted by Crippen LogP contribution is -2.41. The molecule has 5 nitrogen and oxygen atoms in total. The van der Waals surface area contributed by atoms with Crippen LogP contribution in [0.3, 0.4) is 0 Å². The normalized spacial score (nSPS) is 13.5. The Labute approximate surface area is 113 Å². The molecular weight excluding hydrogens is 242 g/mol. The van der Waals surface area contributed by atoms with E-state index < -0.39 is 0 Å². The van der Waals surface area contributed by atoms with E-state index in [0.29, 0.717) is 0 Å². The standard InChI is InChI=1S/C14H21N3O2/c1-9(16-14(19)10(2)15-4)12-6-5-7-13(8-12)17-11(3)18/h5-10,15H,1-4H3,(H,16,19)(H,17,18). The molecule has 2 atom stereocenters. The Balaban J connectivity index is 2.74. The van der Waals surface area contributed by atoms with Crippen molar-refractivity contribution in [2.75, 3.05) is 12.4 Å². The summed E-state index contributed by atoms with van der Waals surface area (Å²) in [6, 6.07) is 7.09. The predicted octanol–water partition coefficient (Wildman–Crippen LogP) is 1.43. The lowest BCUT2D eigenvalue weighted by atomic mass is 10.1. The summed E-state index contributed by atoms with van der Waals surface area (Å²) in [7, 11) is 1.74. The largest absolute Gasteiger partial charge is 0.348 e. The molecule has 0 bridgehead atoms. The summed E-state index contributed by atoms with van der Waals surface area (Å²) in [5.41, 5.74) is 1.68. The Hall–Kier alpha value is -1.88. The predicted molar refractivity (Wildman–Crippen MR) is 75.8 cm³/mol. The second-order valence-electron chi connectivity index (χ2n) is 4.55. The van der Waals surface area contributed by atoms with Gasteiger partial charge in [0.2, 0.25) is 11.8 Å². The maximum Gasteiger partial charge on any atom is 0.237 e. The first kappa shape index (κ1) is 15.2. The molecule has 5 heteroatoms. The van der Waals surface area contributed by atoms with E-state index in [2.05, 4.69) is 16.0 Å². The summed E-state index contributed by atoms with van der Waals surface area (Å²) in [5, 5.41) is 8.53. The van der Waals surface area contributed by atoms with Crippen LogP contribution in [0, 0.1) is 0 Å². The fourth-order valence-corrected chi connectivity index (χ4v) is 1.64. The number of rotatable bonds is 5. The molecule has 0 saturated heterocycles. The van der Waals surface area contributed by atoms with Gasteiger partial charge in [0.1, 0.15) is 0 Å². The van der Waals surface area contributed by atoms with Gasteiger partial charge in [0, 0.05) is 12.6 Å². The van der Waals surface area contributed by atoms with E-state index >= 15 is 0 Å². The highest BCUT2D eigenvalue weighted by Crippen LogP contribution is 2.17. The van der Waals surface area contributed by atoms with Crippen LogP contribution in [-0.4, -0.2) is 24.9 Å². The lowest BCUT2D eigenvalue weighted by Gasteiger charge is -2.18. The lowest BCUT2D eigenvalue weighted by molar-refractivity contribution is -0.123. The summed E-state index contributed by atoms with van der Waals surface area (Å²) in [6.07, 6.45) is 0. The summed E-state index contributed by atoms with van der Waals surface area (Å²) < 4.78 is 0. The van der Waals surface area contributed by atoms with Gasteiger partial charge in [-0.2, -0.15) is 0 Å². The maximum atomic E-state index is 11.8. The summed E-state index contributed by atoms with van der Waals surface area (Å²) in [6.45, 7) is 5.18. The topological polar surface area (TPSA) is 70.2 Å². The second kappa shape index (κ2) is 6.89. The van der Waals surface area contributed by atoms with Crippen LogP contribution in [-0.2, 0) is 9.59 Å². The molecule has 1 aromatic carbocycles. The summed E-state index contributed by atoms with van der Waals surface area (Å²) in [4.78, 5) is 22.8. The van der Waals surface area contributed by atoms with Crippen molar-refractivity contribution < 1.29 is 9.59 Å². The Morgan fingerprint density at radius 3 is 2.47 bits per heavy atom. The molecule has 3 N–H and O–H groups in total. The first-order valence-corrected chi connectivity index (χ1v) is 6.29. The van der Waals surface area contributed by atoms with Crippen LogP contribution in [0.5, 0.6) is 0 Å². The van der Waals surface area contributed by atoms with Gasteiger partial charge >= 0.3 is 0 Å². The SMILES string of the molecule is CNC(C)C(=O)NC(C)c1cccc(NC(C)=O)c1. The number of likely N-dealkylation sites (N-methyl/N-ethyl adjacent to an activating group) is 1. The first-order valence-electron chi connectivity index (χ1n) is 6.29. The summed E-state index contributed by atoms with van der Waals surface area (Å²) >= 11 is 0. The molecule has 0 fully saturated rings. The van der Waals surface area contributed by atoms with Gasteiger partial charge in [-0.3, -0.25) is 9.59 Å². The van der Waals surface area contributed by atoms with Crippen LogP contribution in [0.1, 0.15) is 32.4 Å². The molecule has 0 heterocycles. The third-order valence-corrected chi connectivity index (χ3v) is 2.89. The van der Waals surface area contributed by atoms with Gasteiger partial charge in [0.25, 0.3) is 0 Å². The average molecular weight is 263 g/mol. The fraction of sp³-hybridized carbons (Fsp3) is 0.429. The molecule has 2 amide bonds. The highest BCUT2D eigenvalue weighted by atomic mass is 16.2. The molecule has 104 valence electrons. The van der Waals surface area contributed by atoms with Crippen molar-refractivity contribution in [2.45, 2.75) is 32.9 Å². The van der Waals surface area contributed by atoms with E-state index in [9.17, 15) is 9.59 Å². The number of carbonyl (C=O) groups excluding carboxylic acids is 2. The minimum Gasteiger partial charge on any atom is -0.348 e. The number of amides is 2. The van der Waals surface area contributed by atoms with Crippen LogP contribution in [0.2, 0.25) is 0 Å². The van der Waals surface area contributed by atoms with Gasteiger partial charge < -0.3 is 16.0 Å². The van der Waals surface area contributed by atoms with Crippen molar-refractivity contribution in [3.8, 4) is 0 Å². The minimum absolute atomic E-state index is 0.0556. The van der Waals surface area contributed by atoms with Gasteiger partial charge in [-0.15, -0.1) is 0 Å². The van der Waals surface area contributed by atoms with Gasteiger partial charge in [-0.25, -0.2) is 0 Å². The number of anilines is 1. The molecule has 0 aromatic heterocycles. The van der Waals surface area contributed by atoms with E-state index in [0.717, 1.165) is 11.3 Å². The fourth-order valence-electron chi connectivity index (χ4n) is 1.64. The molecule has 2 unspecified atom stereocenters. The average Bonchev–Trinajstić information content (AvgIpc) is 2.37. The third-order valence-electron chi connectivity index (χ3n) is 2.89.